The summed E-state index contributed by atoms with van der Waals surface area (Å²) >= 11 is 1.46. The molecule has 162 valence electrons. The second-order valence-corrected chi connectivity index (χ2v) is 7.87. The van der Waals surface area contributed by atoms with Gasteiger partial charge in [-0.1, -0.05) is 42.1 Å². The maximum atomic E-state index is 13.2. The normalized spacial score (nSPS) is 11.4. The van der Waals surface area contributed by atoms with E-state index in [1.807, 2.05) is 37.3 Å². The third-order valence-electron chi connectivity index (χ3n) is 4.46. The fourth-order valence-corrected chi connectivity index (χ4v) is 3.76. The number of halogens is 1. The molecular weight excluding hydrogens is 425 g/mol. The lowest BCUT2D eigenvalue weighted by atomic mass is 10.0. The Morgan fingerprint density at radius 3 is 2.34 bits per heavy atom. The minimum absolute atomic E-state index is 0.295. The number of amides is 2. The molecular formula is C25H22FN3O2S. The molecule has 3 aromatic rings. The van der Waals surface area contributed by atoms with E-state index in [4.69, 9.17) is 5.73 Å². The summed E-state index contributed by atoms with van der Waals surface area (Å²) in [5.41, 5.74) is 9.06. The number of hydrogen-bond acceptors (Lipinski definition) is 4. The van der Waals surface area contributed by atoms with Gasteiger partial charge in [0.2, 0.25) is 6.41 Å². The fraction of sp³-hybridized carbons (Fsp3) is 0.0400. The molecule has 0 aliphatic rings. The summed E-state index contributed by atoms with van der Waals surface area (Å²) in [5.74, 6) is -0.607. The molecule has 0 radical (unpaired) electrons. The van der Waals surface area contributed by atoms with E-state index in [0.29, 0.717) is 23.3 Å². The minimum Gasteiger partial charge on any atom is -0.397 e. The van der Waals surface area contributed by atoms with Crippen molar-refractivity contribution in [1.29, 1.82) is 0 Å². The number of anilines is 2. The molecule has 0 saturated heterocycles. The van der Waals surface area contributed by atoms with Crippen LogP contribution in [0.2, 0.25) is 0 Å². The average molecular weight is 448 g/mol. The third-order valence-corrected chi connectivity index (χ3v) is 5.45. The second kappa shape index (κ2) is 11.0. The average Bonchev–Trinajstić information content (AvgIpc) is 2.80. The van der Waals surface area contributed by atoms with Crippen molar-refractivity contribution in [1.82, 2.24) is 5.32 Å². The highest BCUT2D eigenvalue weighted by molar-refractivity contribution is 8.03. The molecule has 0 aliphatic carbocycles. The summed E-state index contributed by atoms with van der Waals surface area (Å²) in [5, 5.41) is 5.37. The molecule has 0 aromatic heterocycles. The molecule has 0 spiro atoms. The lowest BCUT2D eigenvalue weighted by molar-refractivity contribution is -0.108. The molecule has 3 aromatic carbocycles. The summed E-state index contributed by atoms with van der Waals surface area (Å²) in [6.45, 7) is 1.89. The number of allylic oxidation sites excluding steroid dienone is 2. The predicted octanol–water partition coefficient (Wildman–Crippen LogP) is 5.58. The largest absolute Gasteiger partial charge is 0.397 e. The van der Waals surface area contributed by atoms with Gasteiger partial charge in [0, 0.05) is 21.6 Å². The summed E-state index contributed by atoms with van der Waals surface area (Å²) in [4.78, 5) is 25.0. The molecule has 0 fully saturated rings. The molecule has 5 nitrogen and oxygen atoms in total. The number of nitrogen functional groups attached to an aromatic ring is 1. The Balaban J connectivity index is 1.74. The van der Waals surface area contributed by atoms with Crippen LogP contribution >= 0.6 is 11.8 Å². The quantitative estimate of drug-likeness (QED) is 0.182. The van der Waals surface area contributed by atoms with Gasteiger partial charge >= 0.3 is 0 Å². The molecule has 0 bridgehead atoms. The molecule has 0 heterocycles. The van der Waals surface area contributed by atoms with Crippen LogP contribution in [0.1, 0.15) is 17.3 Å². The van der Waals surface area contributed by atoms with Gasteiger partial charge in [0.05, 0.1) is 11.4 Å². The van der Waals surface area contributed by atoms with Crippen LogP contribution < -0.4 is 16.4 Å². The van der Waals surface area contributed by atoms with E-state index in [2.05, 4.69) is 10.6 Å². The minimum atomic E-state index is -0.312. The van der Waals surface area contributed by atoms with Gasteiger partial charge in [-0.05, 0) is 66.6 Å². The highest BCUT2D eigenvalue weighted by atomic mass is 32.2. The fourth-order valence-electron chi connectivity index (χ4n) is 2.88. The van der Waals surface area contributed by atoms with Crippen LogP contribution in [0.15, 0.2) is 94.9 Å². The number of thioether (sulfide) groups is 1. The number of hydrogen-bond donors (Lipinski definition) is 3. The summed E-state index contributed by atoms with van der Waals surface area (Å²) in [6, 6.07) is 18.5. The Kier molecular flexibility index (Phi) is 7.83. The standard InChI is InChI=1S/C25H22FN3O2S/c1-2-3-22(15-28-16-30)32-21-11-6-18(7-12-21)25(31)29-24-14-19(8-13-23(24)27)17-4-9-20(26)10-5-17/h2-16H,27H2,1H3,(H,28,30)(H,29,31)/b3-2-,22-15+. The van der Waals surface area contributed by atoms with Gasteiger partial charge in [0.1, 0.15) is 5.82 Å². The van der Waals surface area contributed by atoms with E-state index in [1.54, 1.807) is 42.6 Å². The maximum absolute atomic E-state index is 13.2. The number of carbonyl (C=O) groups excluding carboxylic acids is 2. The van der Waals surface area contributed by atoms with E-state index in [9.17, 15) is 14.0 Å². The van der Waals surface area contributed by atoms with E-state index in [1.165, 1.54) is 23.9 Å². The number of nitrogens with two attached hydrogens (primary N) is 1. The van der Waals surface area contributed by atoms with Crippen molar-refractivity contribution in [3.63, 3.8) is 0 Å². The van der Waals surface area contributed by atoms with Gasteiger partial charge in [-0.3, -0.25) is 9.59 Å². The summed E-state index contributed by atoms with van der Waals surface area (Å²) in [6.07, 6.45) is 5.96. The number of carbonyl (C=O) groups is 2. The van der Waals surface area contributed by atoms with Crippen LogP contribution in [0, 0.1) is 5.82 Å². The molecule has 3 rings (SSSR count). The smallest absolute Gasteiger partial charge is 0.255 e. The van der Waals surface area contributed by atoms with Crippen molar-refractivity contribution < 1.29 is 14.0 Å². The first-order valence-corrected chi connectivity index (χ1v) is 10.6. The van der Waals surface area contributed by atoms with Gasteiger partial charge in [0.15, 0.2) is 0 Å². The lowest BCUT2D eigenvalue weighted by Gasteiger charge is -2.11. The van der Waals surface area contributed by atoms with Gasteiger partial charge in [0.25, 0.3) is 5.91 Å². The lowest BCUT2D eigenvalue weighted by Crippen LogP contribution is -2.13. The zero-order chi connectivity index (χ0) is 22.9. The molecule has 0 aliphatic heterocycles. The zero-order valence-electron chi connectivity index (χ0n) is 17.3. The number of rotatable bonds is 8. The third kappa shape index (κ3) is 6.09. The van der Waals surface area contributed by atoms with Crippen molar-refractivity contribution in [2.24, 2.45) is 0 Å². The van der Waals surface area contributed by atoms with Crippen LogP contribution in [0.3, 0.4) is 0 Å². The van der Waals surface area contributed by atoms with Crippen molar-refractivity contribution >= 4 is 35.5 Å². The number of nitrogens with one attached hydrogen (secondary N) is 2. The van der Waals surface area contributed by atoms with Crippen molar-refractivity contribution in [2.45, 2.75) is 11.8 Å². The molecule has 0 saturated carbocycles. The SMILES string of the molecule is C/C=C\C(=C/NC=O)Sc1ccc(C(=O)Nc2cc(-c3ccc(F)cc3)ccc2N)cc1. The first kappa shape index (κ1) is 22.8. The molecule has 0 atom stereocenters. The molecule has 7 heteroatoms. The Morgan fingerprint density at radius 1 is 1.00 bits per heavy atom. The Hall–Kier alpha value is -3.84. The molecule has 2 amide bonds. The first-order chi connectivity index (χ1) is 15.5. The molecule has 32 heavy (non-hydrogen) atoms. The molecule has 0 unspecified atom stereocenters. The van der Waals surface area contributed by atoms with Gasteiger partial charge in [-0.25, -0.2) is 4.39 Å². The Bertz CT molecular complexity index is 1160. The number of benzene rings is 3. The van der Waals surface area contributed by atoms with Crippen LogP contribution in [0.5, 0.6) is 0 Å². The van der Waals surface area contributed by atoms with Crippen molar-refractivity contribution in [3.8, 4) is 11.1 Å². The van der Waals surface area contributed by atoms with E-state index < -0.39 is 0 Å². The van der Waals surface area contributed by atoms with Crippen LogP contribution in [-0.2, 0) is 4.79 Å². The van der Waals surface area contributed by atoms with Crippen LogP contribution in [0.25, 0.3) is 11.1 Å². The van der Waals surface area contributed by atoms with Crippen molar-refractivity contribution in [3.05, 3.63) is 101 Å². The Morgan fingerprint density at radius 2 is 1.69 bits per heavy atom. The van der Waals surface area contributed by atoms with Gasteiger partial charge in [-0.2, -0.15) is 0 Å². The second-order valence-electron chi connectivity index (χ2n) is 6.72. The van der Waals surface area contributed by atoms with Crippen LogP contribution in [0.4, 0.5) is 15.8 Å². The van der Waals surface area contributed by atoms with E-state index in [-0.39, 0.29) is 11.7 Å². The summed E-state index contributed by atoms with van der Waals surface area (Å²) in [7, 11) is 0. The van der Waals surface area contributed by atoms with Gasteiger partial charge in [-0.15, -0.1) is 0 Å². The van der Waals surface area contributed by atoms with Crippen LogP contribution in [-0.4, -0.2) is 12.3 Å². The topological polar surface area (TPSA) is 84.2 Å². The Labute approximate surface area is 190 Å². The maximum Gasteiger partial charge on any atom is 0.255 e. The zero-order valence-corrected chi connectivity index (χ0v) is 18.2. The molecule has 4 N–H and O–H groups in total. The first-order valence-electron chi connectivity index (χ1n) is 9.77. The highest BCUT2D eigenvalue weighted by Gasteiger charge is 2.10. The van der Waals surface area contributed by atoms with E-state index in [0.717, 1.165) is 20.9 Å². The van der Waals surface area contributed by atoms with E-state index >= 15 is 0 Å². The van der Waals surface area contributed by atoms with Crippen molar-refractivity contribution in [2.75, 3.05) is 11.1 Å². The summed E-state index contributed by atoms with van der Waals surface area (Å²) < 4.78 is 13.2. The predicted molar refractivity (Wildman–Crippen MR) is 129 cm³/mol. The highest BCUT2D eigenvalue weighted by Crippen LogP contribution is 2.29. The monoisotopic (exact) mass is 447 g/mol. The van der Waals surface area contributed by atoms with Gasteiger partial charge < -0.3 is 16.4 Å².